The van der Waals surface area contributed by atoms with Crippen LogP contribution in [0, 0.1) is 0 Å². The van der Waals surface area contributed by atoms with Gasteiger partial charge in [0.25, 0.3) is 0 Å². The number of aryl methyl sites for hydroxylation is 1. The van der Waals surface area contributed by atoms with Crippen LogP contribution in [0.15, 0.2) is 79.0 Å². The first kappa shape index (κ1) is 16.0. The molecule has 0 amide bonds. The van der Waals surface area contributed by atoms with Gasteiger partial charge in [-0.2, -0.15) is 0 Å². The standard InChI is InChI=1S/C24H25N/c1-19(10-11-20-6-3-2-4-7-20)22-13-12-21-14-16-25(24-8-5-9-24)17-15-23(21)18-22/h2-9,12-13,18H,1,10-11,14-17H2. The molecule has 126 valence electrons. The fourth-order valence-corrected chi connectivity index (χ4v) is 3.68. The van der Waals surface area contributed by atoms with E-state index in [0.29, 0.717) is 0 Å². The average Bonchev–Trinajstić information content (AvgIpc) is 2.81. The van der Waals surface area contributed by atoms with Gasteiger partial charge in [0.05, 0.1) is 0 Å². The number of fused-ring (bicyclic) bond motifs is 1. The summed E-state index contributed by atoms with van der Waals surface area (Å²) in [5.74, 6) is 0. The average molecular weight is 327 g/mol. The SMILES string of the molecule is C=C(CCc1ccccc1)c1ccc2c(c1)CCN(C1=CC=C1)CC2. The molecule has 0 bridgehead atoms. The Labute approximate surface area is 151 Å². The smallest absolute Gasteiger partial charge is 0.0366 e. The topological polar surface area (TPSA) is 3.24 Å². The van der Waals surface area contributed by atoms with Crippen LogP contribution >= 0.6 is 0 Å². The maximum Gasteiger partial charge on any atom is 0.0366 e. The van der Waals surface area contributed by atoms with E-state index >= 15 is 0 Å². The molecule has 0 aromatic heterocycles. The number of nitrogens with zero attached hydrogens (tertiary/aromatic N) is 1. The first-order chi connectivity index (χ1) is 12.3. The minimum absolute atomic E-state index is 1.02. The number of benzene rings is 2. The van der Waals surface area contributed by atoms with Crippen molar-refractivity contribution in [3.63, 3.8) is 0 Å². The lowest BCUT2D eigenvalue weighted by atomic mass is 9.94. The van der Waals surface area contributed by atoms with Crippen molar-refractivity contribution in [1.29, 1.82) is 0 Å². The molecule has 1 aliphatic heterocycles. The lowest BCUT2D eigenvalue weighted by Gasteiger charge is -2.26. The summed E-state index contributed by atoms with van der Waals surface area (Å²) in [6.07, 6.45) is 10.9. The third-order valence-corrected chi connectivity index (χ3v) is 5.37. The van der Waals surface area contributed by atoms with Gasteiger partial charge in [0.2, 0.25) is 0 Å². The van der Waals surface area contributed by atoms with E-state index < -0.39 is 0 Å². The molecule has 1 heterocycles. The minimum Gasteiger partial charge on any atom is -0.371 e. The van der Waals surface area contributed by atoms with Crippen LogP contribution in [0.4, 0.5) is 0 Å². The summed E-state index contributed by atoms with van der Waals surface area (Å²) in [6.45, 7) is 6.59. The van der Waals surface area contributed by atoms with E-state index in [1.54, 1.807) is 0 Å². The Morgan fingerprint density at radius 3 is 2.44 bits per heavy atom. The van der Waals surface area contributed by atoms with E-state index in [1.807, 2.05) is 0 Å². The Bertz CT molecular complexity index is 826. The zero-order valence-corrected chi connectivity index (χ0v) is 14.7. The van der Waals surface area contributed by atoms with Crippen molar-refractivity contribution in [2.75, 3.05) is 13.1 Å². The van der Waals surface area contributed by atoms with Gasteiger partial charge >= 0.3 is 0 Å². The Balaban J connectivity index is 1.42. The van der Waals surface area contributed by atoms with Gasteiger partial charge in [0.15, 0.2) is 0 Å². The highest BCUT2D eigenvalue weighted by atomic mass is 15.1. The van der Waals surface area contributed by atoms with Crippen LogP contribution in [0.1, 0.15) is 28.7 Å². The first-order valence-corrected chi connectivity index (χ1v) is 9.27. The quantitative estimate of drug-likeness (QED) is 0.731. The summed E-state index contributed by atoms with van der Waals surface area (Å²) >= 11 is 0. The molecule has 0 N–H and O–H groups in total. The molecule has 1 nitrogen and oxygen atoms in total. The highest BCUT2D eigenvalue weighted by Crippen LogP contribution is 2.26. The van der Waals surface area contributed by atoms with E-state index in [-0.39, 0.29) is 0 Å². The zero-order valence-electron chi connectivity index (χ0n) is 14.7. The van der Waals surface area contributed by atoms with Crippen molar-refractivity contribution >= 4 is 5.57 Å². The molecule has 0 fully saturated rings. The van der Waals surface area contributed by atoms with Crippen LogP contribution in [-0.2, 0) is 19.3 Å². The van der Waals surface area contributed by atoms with E-state index in [0.717, 1.165) is 38.8 Å². The summed E-state index contributed by atoms with van der Waals surface area (Å²) in [6, 6.07) is 17.7. The van der Waals surface area contributed by atoms with E-state index in [9.17, 15) is 0 Å². The second-order valence-corrected chi connectivity index (χ2v) is 7.01. The Morgan fingerprint density at radius 1 is 0.960 bits per heavy atom. The molecule has 25 heavy (non-hydrogen) atoms. The second-order valence-electron chi connectivity index (χ2n) is 7.01. The van der Waals surface area contributed by atoms with Crippen LogP contribution in [0.2, 0.25) is 0 Å². The largest absolute Gasteiger partial charge is 0.371 e. The molecule has 0 radical (unpaired) electrons. The molecule has 0 unspecified atom stereocenters. The van der Waals surface area contributed by atoms with E-state index in [1.165, 1.54) is 33.5 Å². The van der Waals surface area contributed by atoms with Crippen molar-refractivity contribution in [3.05, 3.63) is 101 Å². The van der Waals surface area contributed by atoms with Gasteiger partial charge in [0.1, 0.15) is 0 Å². The summed E-state index contributed by atoms with van der Waals surface area (Å²) < 4.78 is 0. The van der Waals surface area contributed by atoms with Gasteiger partial charge in [-0.1, -0.05) is 61.2 Å². The summed E-state index contributed by atoms with van der Waals surface area (Å²) in [5.41, 5.74) is 8.34. The van der Waals surface area contributed by atoms with Crippen LogP contribution in [0.3, 0.4) is 0 Å². The van der Waals surface area contributed by atoms with Crippen LogP contribution < -0.4 is 0 Å². The molecule has 0 atom stereocenters. The van der Waals surface area contributed by atoms with Gasteiger partial charge in [-0.15, -0.1) is 0 Å². The molecule has 0 saturated heterocycles. The highest BCUT2D eigenvalue weighted by molar-refractivity contribution is 5.65. The van der Waals surface area contributed by atoms with E-state index in [4.69, 9.17) is 0 Å². The van der Waals surface area contributed by atoms with Gasteiger partial charge in [-0.25, -0.2) is 0 Å². The molecule has 2 aromatic carbocycles. The van der Waals surface area contributed by atoms with E-state index in [2.05, 4.69) is 78.2 Å². The number of hydrogen-bond acceptors (Lipinski definition) is 1. The van der Waals surface area contributed by atoms with Crippen molar-refractivity contribution in [1.82, 2.24) is 4.90 Å². The molecular formula is C24H25N. The van der Waals surface area contributed by atoms with Crippen molar-refractivity contribution in [3.8, 4) is 0 Å². The highest BCUT2D eigenvalue weighted by Gasteiger charge is 2.16. The lowest BCUT2D eigenvalue weighted by molar-refractivity contribution is 0.370. The third-order valence-electron chi connectivity index (χ3n) is 5.37. The maximum absolute atomic E-state index is 4.35. The normalized spacial score (nSPS) is 15.8. The minimum atomic E-state index is 1.02. The number of allylic oxidation sites excluding steroid dienone is 4. The Hall–Kier alpha value is -2.54. The molecular weight excluding hydrogens is 302 g/mol. The predicted molar refractivity (Wildman–Crippen MR) is 106 cm³/mol. The molecule has 1 heteroatoms. The third kappa shape index (κ3) is 3.61. The van der Waals surface area contributed by atoms with Crippen molar-refractivity contribution in [2.45, 2.75) is 25.7 Å². The fraction of sp³-hybridized carbons (Fsp3) is 0.250. The van der Waals surface area contributed by atoms with Gasteiger partial charge in [-0.3, -0.25) is 0 Å². The maximum atomic E-state index is 4.35. The summed E-state index contributed by atoms with van der Waals surface area (Å²) in [4.78, 5) is 2.50. The monoisotopic (exact) mass is 327 g/mol. The molecule has 2 aliphatic rings. The van der Waals surface area contributed by atoms with Gasteiger partial charge < -0.3 is 4.90 Å². The predicted octanol–water partition coefficient (Wildman–Crippen LogP) is 5.19. The molecule has 0 saturated carbocycles. The van der Waals surface area contributed by atoms with Crippen LogP contribution in [-0.4, -0.2) is 18.0 Å². The summed E-state index contributed by atoms with van der Waals surface area (Å²) in [7, 11) is 0. The fourth-order valence-electron chi connectivity index (χ4n) is 3.68. The molecule has 4 rings (SSSR count). The van der Waals surface area contributed by atoms with Crippen LogP contribution in [0.5, 0.6) is 0 Å². The van der Waals surface area contributed by atoms with Gasteiger partial charge in [0, 0.05) is 18.8 Å². The lowest BCUT2D eigenvalue weighted by Crippen LogP contribution is -2.26. The Morgan fingerprint density at radius 2 is 1.72 bits per heavy atom. The Kier molecular flexibility index (Phi) is 4.56. The second kappa shape index (κ2) is 7.14. The number of hydrogen-bond donors (Lipinski definition) is 0. The molecule has 1 aliphatic carbocycles. The first-order valence-electron chi connectivity index (χ1n) is 9.27. The number of rotatable bonds is 5. The van der Waals surface area contributed by atoms with Crippen molar-refractivity contribution < 1.29 is 0 Å². The summed E-state index contributed by atoms with van der Waals surface area (Å²) in [5, 5.41) is 0. The van der Waals surface area contributed by atoms with Gasteiger partial charge in [-0.05, 0) is 65.7 Å². The van der Waals surface area contributed by atoms with Crippen LogP contribution in [0.25, 0.3) is 5.57 Å². The molecule has 2 aromatic rings. The van der Waals surface area contributed by atoms with Crippen molar-refractivity contribution in [2.24, 2.45) is 0 Å². The molecule has 0 spiro atoms. The zero-order chi connectivity index (χ0) is 17.1.